The molecule has 1 atom stereocenters. The van der Waals surface area contributed by atoms with Crippen LogP contribution in [0.15, 0.2) is 29.7 Å². The van der Waals surface area contributed by atoms with Crippen LogP contribution < -0.4 is 5.32 Å². The Kier molecular flexibility index (Phi) is 5.47. The number of thioether (sulfide) groups is 1. The minimum atomic E-state index is -0.221. The molecule has 2 aromatic heterocycles. The first-order valence-electron chi connectivity index (χ1n) is 7.98. The summed E-state index contributed by atoms with van der Waals surface area (Å²) >= 11 is 1.42. The Morgan fingerprint density at radius 1 is 1.42 bits per heavy atom. The number of aromatic nitrogens is 4. The molecule has 2 aromatic rings. The number of hydrogen-bond donors (Lipinski definition) is 1. The van der Waals surface area contributed by atoms with Crippen molar-refractivity contribution >= 4 is 17.7 Å². The molecule has 8 heteroatoms. The van der Waals surface area contributed by atoms with Crippen LogP contribution >= 0.6 is 11.8 Å². The van der Waals surface area contributed by atoms with Crippen molar-refractivity contribution in [1.82, 2.24) is 25.1 Å². The molecule has 1 amide bonds. The van der Waals surface area contributed by atoms with E-state index in [-0.39, 0.29) is 11.2 Å². The highest BCUT2D eigenvalue weighted by Crippen LogP contribution is 2.27. The zero-order valence-electron chi connectivity index (χ0n) is 13.8. The standard InChI is InChI=1S/C16H21N5O2S/c1-11(15(22)18-13-3-4-13)24-16-20-19-14(21(16)9-10-23-2)12-5-7-17-8-6-12/h5-8,11,13H,3-4,9-10H2,1-2H3,(H,18,22)/t11-/m0/s1. The summed E-state index contributed by atoms with van der Waals surface area (Å²) < 4.78 is 7.19. The van der Waals surface area contributed by atoms with Gasteiger partial charge in [0, 0.05) is 31.1 Å². The van der Waals surface area contributed by atoms with E-state index in [1.54, 1.807) is 19.5 Å². The third kappa shape index (κ3) is 4.12. The van der Waals surface area contributed by atoms with E-state index in [4.69, 9.17) is 4.74 Å². The number of methoxy groups -OCH3 is 1. The first kappa shape index (κ1) is 16.9. The van der Waals surface area contributed by atoms with Gasteiger partial charge in [-0.05, 0) is 31.9 Å². The number of hydrogen-bond acceptors (Lipinski definition) is 6. The molecule has 1 fully saturated rings. The molecule has 0 aliphatic heterocycles. The number of ether oxygens (including phenoxy) is 1. The molecule has 1 saturated carbocycles. The van der Waals surface area contributed by atoms with Gasteiger partial charge in [0.05, 0.1) is 18.4 Å². The number of nitrogens with zero attached hydrogens (tertiary/aromatic N) is 4. The maximum Gasteiger partial charge on any atom is 0.233 e. The molecule has 1 aliphatic carbocycles. The Labute approximate surface area is 145 Å². The predicted octanol–water partition coefficient (Wildman–Crippen LogP) is 1.75. The van der Waals surface area contributed by atoms with Crippen LogP contribution in [0.5, 0.6) is 0 Å². The van der Waals surface area contributed by atoms with Gasteiger partial charge in [-0.3, -0.25) is 14.3 Å². The van der Waals surface area contributed by atoms with Crippen molar-refractivity contribution < 1.29 is 9.53 Å². The lowest BCUT2D eigenvalue weighted by molar-refractivity contribution is -0.120. The smallest absolute Gasteiger partial charge is 0.233 e. The number of carbonyl (C=O) groups excluding carboxylic acids is 1. The van der Waals surface area contributed by atoms with Crippen molar-refractivity contribution in [1.29, 1.82) is 0 Å². The highest BCUT2D eigenvalue weighted by atomic mass is 32.2. The fraction of sp³-hybridized carbons (Fsp3) is 0.500. The molecule has 2 heterocycles. The average Bonchev–Trinajstić information content (AvgIpc) is 3.33. The fourth-order valence-electron chi connectivity index (χ4n) is 2.23. The van der Waals surface area contributed by atoms with Crippen molar-refractivity contribution in [2.45, 2.75) is 42.8 Å². The van der Waals surface area contributed by atoms with Gasteiger partial charge in [0.1, 0.15) is 0 Å². The molecule has 0 spiro atoms. The van der Waals surface area contributed by atoms with Crippen molar-refractivity contribution in [2.75, 3.05) is 13.7 Å². The molecule has 0 radical (unpaired) electrons. The van der Waals surface area contributed by atoms with Gasteiger partial charge in [-0.25, -0.2) is 0 Å². The van der Waals surface area contributed by atoms with Gasteiger partial charge < -0.3 is 10.1 Å². The zero-order valence-corrected chi connectivity index (χ0v) is 14.6. The molecule has 3 rings (SSSR count). The largest absolute Gasteiger partial charge is 0.383 e. The predicted molar refractivity (Wildman–Crippen MR) is 91.6 cm³/mol. The summed E-state index contributed by atoms with van der Waals surface area (Å²) in [6.45, 7) is 3.07. The summed E-state index contributed by atoms with van der Waals surface area (Å²) in [5, 5.41) is 12.1. The van der Waals surface area contributed by atoms with Crippen LogP contribution in [0.2, 0.25) is 0 Å². The van der Waals surface area contributed by atoms with Crippen molar-refractivity contribution in [3.8, 4) is 11.4 Å². The molecule has 1 N–H and O–H groups in total. The lowest BCUT2D eigenvalue weighted by Gasteiger charge is -2.13. The van der Waals surface area contributed by atoms with Crippen LogP contribution in [-0.4, -0.2) is 50.7 Å². The third-order valence-electron chi connectivity index (χ3n) is 3.75. The van der Waals surface area contributed by atoms with Gasteiger partial charge in [-0.15, -0.1) is 10.2 Å². The number of amides is 1. The number of rotatable bonds is 8. The number of pyridine rings is 1. The summed E-state index contributed by atoms with van der Waals surface area (Å²) in [5.41, 5.74) is 0.940. The third-order valence-corrected chi connectivity index (χ3v) is 4.83. The molecule has 1 aliphatic rings. The van der Waals surface area contributed by atoms with E-state index in [1.165, 1.54) is 11.8 Å². The topological polar surface area (TPSA) is 81.9 Å². The summed E-state index contributed by atoms with van der Waals surface area (Å²) in [6.07, 6.45) is 5.62. The molecule has 0 saturated heterocycles. The van der Waals surface area contributed by atoms with E-state index in [2.05, 4.69) is 20.5 Å². The SMILES string of the molecule is COCCn1c(S[C@@H](C)C(=O)NC2CC2)nnc1-c1ccncc1. The van der Waals surface area contributed by atoms with Crippen LogP contribution in [0.1, 0.15) is 19.8 Å². The maximum atomic E-state index is 12.2. The summed E-state index contributed by atoms with van der Waals surface area (Å²) in [7, 11) is 1.66. The molecule has 24 heavy (non-hydrogen) atoms. The minimum Gasteiger partial charge on any atom is -0.383 e. The van der Waals surface area contributed by atoms with Crippen LogP contribution in [0.3, 0.4) is 0 Å². The van der Waals surface area contributed by atoms with Crippen LogP contribution in [0, 0.1) is 0 Å². The number of nitrogens with one attached hydrogen (secondary N) is 1. The zero-order chi connectivity index (χ0) is 16.9. The van der Waals surface area contributed by atoms with Crippen molar-refractivity contribution in [3.63, 3.8) is 0 Å². The quantitative estimate of drug-likeness (QED) is 0.733. The first-order chi connectivity index (χ1) is 11.7. The van der Waals surface area contributed by atoms with Gasteiger partial charge in [0.25, 0.3) is 0 Å². The van der Waals surface area contributed by atoms with Crippen LogP contribution in [-0.2, 0) is 16.1 Å². The second-order valence-corrected chi connectivity index (χ2v) is 7.04. The Bertz CT molecular complexity index is 687. The second-order valence-electron chi connectivity index (χ2n) is 5.73. The molecule has 0 aromatic carbocycles. The fourth-order valence-corrected chi connectivity index (χ4v) is 3.12. The number of carbonyl (C=O) groups is 1. The first-order valence-corrected chi connectivity index (χ1v) is 8.86. The van der Waals surface area contributed by atoms with Gasteiger partial charge in [0.2, 0.25) is 5.91 Å². The van der Waals surface area contributed by atoms with E-state index >= 15 is 0 Å². The highest BCUT2D eigenvalue weighted by molar-refractivity contribution is 8.00. The van der Waals surface area contributed by atoms with Crippen LogP contribution in [0.4, 0.5) is 0 Å². The van der Waals surface area contributed by atoms with E-state index < -0.39 is 0 Å². The van der Waals surface area contributed by atoms with Gasteiger partial charge in [-0.2, -0.15) is 0 Å². The Hall–Kier alpha value is -1.93. The molecule has 128 valence electrons. The van der Waals surface area contributed by atoms with Gasteiger partial charge >= 0.3 is 0 Å². The van der Waals surface area contributed by atoms with Crippen molar-refractivity contribution in [3.05, 3.63) is 24.5 Å². The monoisotopic (exact) mass is 347 g/mol. The Balaban J connectivity index is 1.78. The van der Waals surface area contributed by atoms with Gasteiger partial charge in [0.15, 0.2) is 11.0 Å². The van der Waals surface area contributed by atoms with Gasteiger partial charge in [-0.1, -0.05) is 11.8 Å². The lowest BCUT2D eigenvalue weighted by Crippen LogP contribution is -2.32. The highest BCUT2D eigenvalue weighted by Gasteiger charge is 2.27. The van der Waals surface area contributed by atoms with E-state index in [1.807, 2.05) is 23.6 Å². The lowest BCUT2D eigenvalue weighted by atomic mass is 10.2. The summed E-state index contributed by atoms with van der Waals surface area (Å²) in [6, 6.07) is 4.15. The minimum absolute atomic E-state index is 0.0502. The second kappa shape index (κ2) is 7.76. The average molecular weight is 347 g/mol. The Morgan fingerprint density at radius 2 is 2.17 bits per heavy atom. The molecular formula is C16H21N5O2S. The molecular weight excluding hydrogens is 326 g/mol. The maximum absolute atomic E-state index is 12.2. The summed E-state index contributed by atoms with van der Waals surface area (Å²) in [5.74, 6) is 0.806. The molecule has 0 bridgehead atoms. The van der Waals surface area contributed by atoms with E-state index in [0.29, 0.717) is 19.2 Å². The normalized spacial score (nSPS) is 15.2. The Morgan fingerprint density at radius 3 is 2.83 bits per heavy atom. The molecule has 7 nitrogen and oxygen atoms in total. The molecule has 0 unspecified atom stereocenters. The van der Waals surface area contributed by atoms with E-state index in [0.717, 1.165) is 29.4 Å². The van der Waals surface area contributed by atoms with E-state index in [9.17, 15) is 4.79 Å². The van der Waals surface area contributed by atoms with Crippen molar-refractivity contribution in [2.24, 2.45) is 0 Å². The summed E-state index contributed by atoms with van der Waals surface area (Å²) in [4.78, 5) is 16.2. The van der Waals surface area contributed by atoms with Crippen LogP contribution in [0.25, 0.3) is 11.4 Å².